The first-order valence-corrected chi connectivity index (χ1v) is 6.77. The topological polar surface area (TPSA) is 38.5 Å². The van der Waals surface area contributed by atoms with Crippen molar-refractivity contribution in [3.63, 3.8) is 0 Å². The van der Waals surface area contributed by atoms with Crippen LogP contribution in [0.5, 0.6) is 5.75 Å². The minimum absolute atomic E-state index is 0.118. The SMILES string of the molecule is CN1CCC(C(N)COc2ccccc2Br)C1. The molecule has 17 heavy (non-hydrogen) atoms. The van der Waals surface area contributed by atoms with E-state index in [1.807, 2.05) is 24.3 Å². The average molecular weight is 299 g/mol. The van der Waals surface area contributed by atoms with Gasteiger partial charge in [-0.3, -0.25) is 0 Å². The zero-order chi connectivity index (χ0) is 12.3. The second-order valence-corrected chi connectivity index (χ2v) is 5.57. The summed E-state index contributed by atoms with van der Waals surface area (Å²) < 4.78 is 6.74. The summed E-state index contributed by atoms with van der Waals surface area (Å²) in [6, 6.07) is 7.99. The summed E-state index contributed by atoms with van der Waals surface area (Å²) in [6.45, 7) is 2.81. The lowest BCUT2D eigenvalue weighted by molar-refractivity contribution is 0.244. The predicted octanol–water partition coefficient (Wildman–Crippen LogP) is 2.11. The van der Waals surface area contributed by atoms with E-state index in [1.54, 1.807) is 0 Å². The molecule has 1 aliphatic rings. The van der Waals surface area contributed by atoms with Crippen LogP contribution < -0.4 is 10.5 Å². The predicted molar refractivity (Wildman–Crippen MR) is 73.2 cm³/mol. The van der Waals surface area contributed by atoms with Crippen molar-refractivity contribution in [3.05, 3.63) is 28.7 Å². The number of para-hydroxylation sites is 1. The molecule has 0 aromatic heterocycles. The molecule has 0 radical (unpaired) electrons. The summed E-state index contributed by atoms with van der Waals surface area (Å²) >= 11 is 3.47. The van der Waals surface area contributed by atoms with Crippen molar-refractivity contribution in [1.82, 2.24) is 4.90 Å². The third-order valence-electron chi connectivity index (χ3n) is 3.30. The molecule has 0 amide bonds. The molecule has 2 atom stereocenters. The number of likely N-dealkylation sites (tertiary alicyclic amines) is 1. The normalized spacial score (nSPS) is 22.6. The summed E-state index contributed by atoms with van der Waals surface area (Å²) in [7, 11) is 2.14. The summed E-state index contributed by atoms with van der Waals surface area (Å²) in [5.41, 5.74) is 6.17. The first-order valence-electron chi connectivity index (χ1n) is 5.98. The van der Waals surface area contributed by atoms with Crippen molar-refractivity contribution in [2.75, 3.05) is 26.7 Å². The van der Waals surface area contributed by atoms with Crippen molar-refractivity contribution >= 4 is 15.9 Å². The van der Waals surface area contributed by atoms with Gasteiger partial charge in [-0.05, 0) is 54.0 Å². The molecule has 1 aromatic rings. The zero-order valence-electron chi connectivity index (χ0n) is 10.1. The van der Waals surface area contributed by atoms with Crippen molar-refractivity contribution in [2.45, 2.75) is 12.5 Å². The number of halogens is 1. The van der Waals surface area contributed by atoms with Gasteiger partial charge in [-0.25, -0.2) is 0 Å². The number of rotatable bonds is 4. The van der Waals surface area contributed by atoms with Crippen LogP contribution in [0, 0.1) is 5.92 Å². The molecule has 2 unspecified atom stereocenters. The number of hydrogen-bond donors (Lipinski definition) is 1. The van der Waals surface area contributed by atoms with Gasteiger partial charge in [0, 0.05) is 12.6 Å². The van der Waals surface area contributed by atoms with Crippen molar-refractivity contribution < 1.29 is 4.74 Å². The van der Waals surface area contributed by atoms with Crippen LogP contribution in [0.2, 0.25) is 0 Å². The van der Waals surface area contributed by atoms with E-state index in [4.69, 9.17) is 10.5 Å². The molecular formula is C13H19BrN2O. The van der Waals surface area contributed by atoms with E-state index in [9.17, 15) is 0 Å². The molecule has 0 saturated carbocycles. The van der Waals surface area contributed by atoms with E-state index in [0.29, 0.717) is 12.5 Å². The Morgan fingerprint density at radius 2 is 2.29 bits per heavy atom. The highest BCUT2D eigenvalue weighted by molar-refractivity contribution is 9.10. The van der Waals surface area contributed by atoms with E-state index in [2.05, 4.69) is 27.9 Å². The average Bonchev–Trinajstić information content (AvgIpc) is 2.74. The highest BCUT2D eigenvalue weighted by Gasteiger charge is 2.25. The van der Waals surface area contributed by atoms with Gasteiger partial charge in [-0.15, -0.1) is 0 Å². The van der Waals surface area contributed by atoms with E-state index >= 15 is 0 Å². The third-order valence-corrected chi connectivity index (χ3v) is 3.96. The molecule has 0 bridgehead atoms. The molecule has 2 N–H and O–H groups in total. The lowest BCUT2D eigenvalue weighted by Crippen LogP contribution is -2.37. The molecule has 3 nitrogen and oxygen atoms in total. The summed E-state index contributed by atoms with van der Waals surface area (Å²) in [4.78, 5) is 2.32. The first kappa shape index (κ1) is 12.9. The van der Waals surface area contributed by atoms with E-state index < -0.39 is 0 Å². The Labute approximate surface area is 111 Å². The Morgan fingerprint density at radius 3 is 2.94 bits per heavy atom. The van der Waals surface area contributed by atoms with Crippen LogP contribution in [0.25, 0.3) is 0 Å². The maximum atomic E-state index is 6.17. The van der Waals surface area contributed by atoms with Gasteiger partial charge in [0.05, 0.1) is 4.47 Å². The highest BCUT2D eigenvalue weighted by Crippen LogP contribution is 2.25. The second kappa shape index (κ2) is 5.85. The van der Waals surface area contributed by atoms with Gasteiger partial charge in [0.25, 0.3) is 0 Å². The zero-order valence-corrected chi connectivity index (χ0v) is 11.7. The number of nitrogens with two attached hydrogens (primary N) is 1. The molecule has 1 saturated heterocycles. The van der Waals surface area contributed by atoms with Gasteiger partial charge < -0.3 is 15.4 Å². The molecule has 4 heteroatoms. The largest absolute Gasteiger partial charge is 0.491 e. The minimum atomic E-state index is 0.118. The lowest BCUT2D eigenvalue weighted by atomic mass is 10.0. The summed E-state index contributed by atoms with van der Waals surface area (Å²) in [6.07, 6.45) is 1.18. The van der Waals surface area contributed by atoms with Gasteiger partial charge in [-0.2, -0.15) is 0 Å². The molecule has 0 spiro atoms. The van der Waals surface area contributed by atoms with Gasteiger partial charge in [0.2, 0.25) is 0 Å². The quantitative estimate of drug-likeness (QED) is 0.925. The Bertz CT molecular complexity index is 372. The van der Waals surface area contributed by atoms with Gasteiger partial charge in [0.15, 0.2) is 0 Å². The highest BCUT2D eigenvalue weighted by atomic mass is 79.9. The first-order chi connectivity index (χ1) is 8.16. The fourth-order valence-electron chi connectivity index (χ4n) is 2.20. The summed E-state index contributed by atoms with van der Waals surface area (Å²) in [5.74, 6) is 1.43. The van der Waals surface area contributed by atoms with Crippen molar-refractivity contribution in [1.29, 1.82) is 0 Å². The third kappa shape index (κ3) is 3.44. The van der Waals surface area contributed by atoms with Crippen LogP contribution in [-0.2, 0) is 0 Å². The smallest absolute Gasteiger partial charge is 0.133 e. The van der Waals surface area contributed by atoms with Gasteiger partial charge in [0.1, 0.15) is 12.4 Å². The fourth-order valence-corrected chi connectivity index (χ4v) is 2.60. The maximum absolute atomic E-state index is 6.17. The fraction of sp³-hybridized carbons (Fsp3) is 0.538. The van der Waals surface area contributed by atoms with Crippen LogP contribution in [0.1, 0.15) is 6.42 Å². The minimum Gasteiger partial charge on any atom is -0.491 e. The molecule has 1 aliphatic heterocycles. The molecular weight excluding hydrogens is 280 g/mol. The van der Waals surface area contributed by atoms with Crippen molar-refractivity contribution in [2.24, 2.45) is 11.7 Å². The van der Waals surface area contributed by atoms with Gasteiger partial charge in [-0.1, -0.05) is 12.1 Å². The Kier molecular flexibility index (Phi) is 4.42. The number of nitrogens with zero attached hydrogens (tertiary/aromatic N) is 1. The second-order valence-electron chi connectivity index (χ2n) is 4.72. The Morgan fingerprint density at radius 1 is 1.53 bits per heavy atom. The summed E-state index contributed by atoms with van der Waals surface area (Å²) in [5, 5.41) is 0. The van der Waals surface area contributed by atoms with E-state index in [1.165, 1.54) is 6.42 Å². The molecule has 0 aliphatic carbocycles. The monoisotopic (exact) mass is 298 g/mol. The molecule has 2 rings (SSSR count). The van der Waals surface area contributed by atoms with E-state index in [0.717, 1.165) is 23.3 Å². The Balaban J connectivity index is 1.84. The number of benzene rings is 1. The number of ether oxygens (including phenoxy) is 1. The molecule has 94 valence electrons. The van der Waals surface area contributed by atoms with Crippen LogP contribution in [0.15, 0.2) is 28.7 Å². The molecule has 1 fully saturated rings. The maximum Gasteiger partial charge on any atom is 0.133 e. The van der Waals surface area contributed by atoms with Crippen LogP contribution >= 0.6 is 15.9 Å². The standard InChI is InChI=1S/C13H19BrN2O/c1-16-7-6-10(8-16)12(15)9-17-13-5-3-2-4-11(13)14/h2-5,10,12H,6-9,15H2,1H3. The lowest BCUT2D eigenvalue weighted by Gasteiger charge is -2.19. The van der Waals surface area contributed by atoms with Crippen LogP contribution in [0.3, 0.4) is 0 Å². The molecule has 1 aromatic carbocycles. The van der Waals surface area contributed by atoms with Crippen molar-refractivity contribution in [3.8, 4) is 5.75 Å². The Hall–Kier alpha value is -0.580. The van der Waals surface area contributed by atoms with E-state index in [-0.39, 0.29) is 6.04 Å². The number of hydrogen-bond acceptors (Lipinski definition) is 3. The van der Waals surface area contributed by atoms with Crippen LogP contribution in [-0.4, -0.2) is 37.7 Å². The molecule has 1 heterocycles. The van der Waals surface area contributed by atoms with Crippen LogP contribution in [0.4, 0.5) is 0 Å². The van der Waals surface area contributed by atoms with Gasteiger partial charge >= 0.3 is 0 Å².